The molecule has 2 amide bonds. The number of rotatable bonds is 9. The highest BCUT2D eigenvalue weighted by atomic mass is 16.7. The van der Waals surface area contributed by atoms with Crippen molar-refractivity contribution < 1.29 is 18.9 Å². The van der Waals surface area contributed by atoms with Crippen LogP contribution < -0.4 is 10.6 Å². The number of carbonyl (C=O) groups excluding carboxylic acids is 2. The zero-order chi connectivity index (χ0) is 25.9. The van der Waals surface area contributed by atoms with Crippen LogP contribution in [0.1, 0.15) is 94.9 Å². The van der Waals surface area contributed by atoms with Gasteiger partial charge in [0.1, 0.15) is 5.54 Å². The fourth-order valence-corrected chi connectivity index (χ4v) is 5.40. The van der Waals surface area contributed by atoms with Crippen molar-refractivity contribution in [2.24, 2.45) is 11.8 Å². The fourth-order valence-electron chi connectivity index (χ4n) is 5.40. The Morgan fingerprint density at radius 1 is 1.03 bits per heavy atom. The van der Waals surface area contributed by atoms with Gasteiger partial charge in [0.15, 0.2) is 0 Å². The van der Waals surface area contributed by atoms with Crippen LogP contribution in [0.3, 0.4) is 0 Å². The molecule has 0 spiro atoms. The van der Waals surface area contributed by atoms with E-state index in [-0.39, 0.29) is 41.6 Å². The smallest absolute Gasteiger partial charge is 0.403 e. The second-order valence-corrected chi connectivity index (χ2v) is 12.5. The van der Waals surface area contributed by atoms with Crippen molar-refractivity contribution in [3.05, 3.63) is 0 Å². The standard InChI is InChI=1S/C26H50BN3O4/c1-11-30(12-2)18-21-14-13-20(15-16-27-33-24(7,8)25(9,10)34-27)17-26(21,28-19(3)31)22(32)29-23(4,5)6/h20-21H,11-18H2,1-10H3,(H,28,31)(H,29,32)/t20-,21-,26+/m0/s1. The van der Waals surface area contributed by atoms with Crippen molar-refractivity contribution in [3.8, 4) is 0 Å². The van der Waals surface area contributed by atoms with E-state index in [9.17, 15) is 9.59 Å². The highest BCUT2D eigenvalue weighted by molar-refractivity contribution is 6.45. The van der Waals surface area contributed by atoms with E-state index in [1.54, 1.807) is 0 Å². The molecule has 1 saturated heterocycles. The Labute approximate surface area is 208 Å². The third kappa shape index (κ3) is 6.98. The Bertz CT molecular complexity index is 701. The fraction of sp³-hybridized carbons (Fsp3) is 0.923. The molecule has 2 aliphatic rings. The number of carbonyl (C=O) groups is 2. The summed E-state index contributed by atoms with van der Waals surface area (Å²) < 4.78 is 12.4. The van der Waals surface area contributed by atoms with E-state index in [1.165, 1.54) is 6.92 Å². The molecule has 7 nitrogen and oxygen atoms in total. The SMILES string of the molecule is CCN(CC)C[C@@H]1CC[C@@H](CCB2OC(C)(C)C(C)(C)O2)C[C@]1(NC(C)=O)C(=O)NC(C)(C)C. The summed E-state index contributed by atoms with van der Waals surface area (Å²) in [5, 5.41) is 6.36. The zero-order valence-electron chi connectivity index (χ0n) is 23.5. The van der Waals surface area contributed by atoms with Crippen LogP contribution in [0, 0.1) is 11.8 Å². The quantitative estimate of drug-likeness (QED) is 0.489. The van der Waals surface area contributed by atoms with Gasteiger partial charge in [-0.15, -0.1) is 0 Å². The van der Waals surface area contributed by atoms with E-state index in [0.717, 1.165) is 45.2 Å². The normalized spacial score (nSPS) is 28.7. The Kier molecular flexibility index (Phi) is 9.31. The Balaban J connectivity index is 2.25. The maximum atomic E-state index is 13.8. The third-order valence-corrected chi connectivity index (χ3v) is 8.01. The van der Waals surface area contributed by atoms with E-state index in [0.29, 0.717) is 12.3 Å². The van der Waals surface area contributed by atoms with E-state index in [1.807, 2.05) is 20.8 Å². The molecule has 2 rings (SSSR count). The average molecular weight is 480 g/mol. The van der Waals surface area contributed by atoms with Crippen molar-refractivity contribution in [2.45, 2.75) is 124 Å². The molecule has 1 aliphatic heterocycles. The summed E-state index contributed by atoms with van der Waals surface area (Å²) in [5.41, 5.74) is -1.98. The largest absolute Gasteiger partial charge is 0.457 e. The lowest BCUT2D eigenvalue weighted by Crippen LogP contribution is -2.68. The van der Waals surface area contributed by atoms with Crippen molar-refractivity contribution in [3.63, 3.8) is 0 Å². The summed E-state index contributed by atoms with van der Waals surface area (Å²) in [6, 6.07) is 0. The summed E-state index contributed by atoms with van der Waals surface area (Å²) in [6.07, 6.45) is 4.27. The minimum absolute atomic E-state index is 0.0618. The lowest BCUT2D eigenvalue weighted by atomic mass is 9.64. The Hall–Kier alpha value is -1.12. The molecule has 0 aromatic carbocycles. The molecule has 0 aromatic rings. The first kappa shape index (κ1) is 29.1. The molecule has 1 aliphatic carbocycles. The Morgan fingerprint density at radius 2 is 1.59 bits per heavy atom. The first-order chi connectivity index (χ1) is 15.5. The van der Waals surface area contributed by atoms with Gasteiger partial charge in [-0.1, -0.05) is 20.3 Å². The molecule has 0 radical (unpaired) electrons. The van der Waals surface area contributed by atoms with Crippen LogP contribution in [0.25, 0.3) is 0 Å². The summed E-state index contributed by atoms with van der Waals surface area (Å²) in [6.45, 7) is 22.7. The molecule has 1 saturated carbocycles. The van der Waals surface area contributed by atoms with Crippen LogP contribution in [0.15, 0.2) is 0 Å². The van der Waals surface area contributed by atoms with Crippen molar-refractivity contribution in [2.75, 3.05) is 19.6 Å². The first-order valence-electron chi connectivity index (χ1n) is 13.2. The van der Waals surface area contributed by atoms with Gasteiger partial charge in [0.25, 0.3) is 0 Å². The number of nitrogens with zero attached hydrogens (tertiary/aromatic N) is 1. The predicted octanol–water partition coefficient (Wildman–Crippen LogP) is 4.02. The van der Waals surface area contributed by atoms with Gasteiger partial charge < -0.3 is 24.8 Å². The second-order valence-electron chi connectivity index (χ2n) is 12.5. The lowest BCUT2D eigenvalue weighted by molar-refractivity contribution is -0.140. The predicted molar refractivity (Wildman–Crippen MR) is 139 cm³/mol. The summed E-state index contributed by atoms with van der Waals surface area (Å²) >= 11 is 0. The van der Waals surface area contributed by atoms with Gasteiger partial charge in [-0.05, 0) is 93.1 Å². The molecule has 2 fully saturated rings. The van der Waals surface area contributed by atoms with E-state index < -0.39 is 5.54 Å². The van der Waals surface area contributed by atoms with Gasteiger partial charge in [-0.25, -0.2) is 0 Å². The van der Waals surface area contributed by atoms with Gasteiger partial charge in [0.05, 0.1) is 11.2 Å². The number of hydrogen-bond acceptors (Lipinski definition) is 5. The molecule has 0 unspecified atom stereocenters. The highest BCUT2D eigenvalue weighted by Gasteiger charge is 2.53. The molecule has 0 aromatic heterocycles. The minimum Gasteiger partial charge on any atom is -0.403 e. The van der Waals surface area contributed by atoms with Gasteiger partial charge >= 0.3 is 7.12 Å². The van der Waals surface area contributed by atoms with E-state index in [2.05, 4.69) is 57.1 Å². The van der Waals surface area contributed by atoms with Crippen molar-refractivity contribution >= 4 is 18.9 Å². The average Bonchev–Trinajstić information content (AvgIpc) is 2.90. The number of amides is 2. The molecule has 3 atom stereocenters. The van der Waals surface area contributed by atoms with Gasteiger partial charge in [-0.2, -0.15) is 0 Å². The first-order valence-corrected chi connectivity index (χ1v) is 13.2. The topological polar surface area (TPSA) is 79.9 Å². The lowest BCUT2D eigenvalue weighted by Gasteiger charge is -2.48. The van der Waals surface area contributed by atoms with Crippen LogP contribution >= 0.6 is 0 Å². The second kappa shape index (κ2) is 10.9. The van der Waals surface area contributed by atoms with Crippen molar-refractivity contribution in [1.82, 2.24) is 15.5 Å². The van der Waals surface area contributed by atoms with E-state index in [4.69, 9.17) is 9.31 Å². The van der Waals surface area contributed by atoms with Gasteiger partial charge in [0.2, 0.25) is 11.8 Å². The molecule has 196 valence electrons. The summed E-state index contributed by atoms with van der Waals surface area (Å²) in [7, 11) is -0.239. The molecular weight excluding hydrogens is 429 g/mol. The molecule has 34 heavy (non-hydrogen) atoms. The molecule has 8 heteroatoms. The van der Waals surface area contributed by atoms with Crippen LogP contribution in [-0.2, 0) is 18.9 Å². The number of hydrogen-bond donors (Lipinski definition) is 2. The maximum Gasteiger partial charge on any atom is 0.457 e. The summed E-state index contributed by atoms with van der Waals surface area (Å²) in [5.74, 6) is 0.157. The van der Waals surface area contributed by atoms with Gasteiger partial charge in [-0.3, -0.25) is 9.59 Å². The van der Waals surface area contributed by atoms with Crippen LogP contribution in [0.5, 0.6) is 0 Å². The monoisotopic (exact) mass is 479 g/mol. The molecular formula is C26H50BN3O4. The molecule has 1 heterocycles. The third-order valence-electron chi connectivity index (χ3n) is 8.01. The van der Waals surface area contributed by atoms with Crippen LogP contribution in [-0.4, -0.2) is 65.7 Å². The maximum absolute atomic E-state index is 13.8. The molecule has 2 N–H and O–H groups in total. The van der Waals surface area contributed by atoms with Crippen molar-refractivity contribution in [1.29, 1.82) is 0 Å². The van der Waals surface area contributed by atoms with Crippen LogP contribution in [0.2, 0.25) is 6.32 Å². The zero-order valence-corrected chi connectivity index (χ0v) is 23.5. The highest BCUT2D eigenvalue weighted by Crippen LogP contribution is 2.43. The van der Waals surface area contributed by atoms with E-state index >= 15 is 0 Å². The minimum atomic E-state index is -0.916. The van der Waals surface area contributed by atoms with Gasteiger partial charge in [0, 0.05) is 24.9 Å². The molecule has 0 bridgehead atoms. The summed E-state index contributed by atoms with van der Waals surface area (Å²) in [4.78, 5) is 28.6. The number of nitrogens with one attached hydrogen (secondary N) is 2. The van der Waals surface area contributed by atoms with Crippen LogP contribution in [0.4, 0.5) is 0 Å². The Morgan fingerprint density at radius 3 is 2.06 bits per heavy atom.